The van der Waals surface area contributed by atoms with Gasteiger partial charge < -0.3 is 15.0 Å². The fourth-order valence-corrected chi connectivity index (χ4v) is 3.67. The van der Waals surface area contributed by atoms with Crippen LogP contribution in [0, 0.1) is 6.92 Å². The number of ether oxygens (including phenoxy) is 1. The van der Waals surface area contributed by atoms with Crippen LogP contribution >= 0.6 is 39.1 Å². The van der Waals surface area contributed by atoms with Crippen molar-refractivity contribution in [1.82, 2.24) is 10.2 Å². The van der Waals surface area contributed by atoms with Gasteiger partial charge in [0.2, 0.25) is 5.91 Å². The van der Waals surface area contributed by atoms with Crippen molar-refractivity contribution in [2.45, 2.75) is 46.2 Å². The SMILES string of the molecule is CCCCNC(=O)C(C)N(Cc1c(Cl)cccc1Cl)C(=O)COc1ccc(Br)c(C)c1. The zero-order valence-electron chi connectivity index (χ0n) is 17.9. The van der Waals surface area contributed by atoms with E-state index in [2.05, 4.69) is 21.2 Å². The number of halogens is 3. The number of nitrogens with one attached hydrogen (secondary N) is 1. The van der Waals surface area contributed by atoms with Crippen molar-refractivity contribution in [2.24, 2.45) is 0 Å². The van der Waals surface area contributed by atoms with Crippen LogP contribution in [0.1, 0.15) is 37.8 Å². The monoisotopic (exact) mass is 528 g/mol. The molecule has 0 radical (unpaired) electrons. The molecule has 2 aromatic carbocycles. The first kappa shape index (κ1) is 25.5. The van der Waals surface area contributed by atoms with Crippen molar-refractivity contribution in [3.63, 3.8) is 0 Å². The molecule has 0 aromatic heterocycles. The molecule has 168 valence electrons. The molecule has 2 amide bonds. The van der Waals surface area contributed by atoms with Crippen molar-refractivity contribution >= 4 is 50.9 Å². The van der Waals surface area contributed by atoms with Gasteiger partial charge in [0.1, 0.15) is 11.8 Å². The normalized spacial score (nSPS) is 11.7. The van der Waals surface area contributed by atoms with E-state index in [1.807, 2.05) is 26.0 Å². The van der Waals surface area contributed by atoms with Gasteiger partial charge in [-0.3, -0.25) is 9.59 Å². The summed E-state index contributed by atoms with van der Waals surface area (Å²) in [6.07, 6.45) is 1.84. The van der Waals surface area contributed by atoms with Crippen LogP contribution < -0.4 is 10.1 Å². The van der Waals surface area contributed by atoms with Crippen LogP contribution in [0.2, 0.25) is 10.0 Å². The minimum atomic E-state index is -0.716. The molecule has 31 heavy (non-hydrogen) atoms. The summed E-state index contributed by atoms with van der Waals surface area (Å²) in [7, 11) is 0. The van der Waals surface area contributed by atoms with E-state index in [0.717, 1.165) is 22.9 Å². The molecule has 0 saturated heterocycles. The number of aryl methyl sites for hydroxylation is 1. The summed E-state index contributed by atoms with van der Waals surface area (Å²) in [6.45, 7) is 6.12. The summed E-state index contributed by atoms with van der Waals surface area (Å²) in [5.41, 5.74) is 1.58. The molecule has 0 fully saturated rings. The molecule has 0 heterocycles. The third kappa shape index (κ3) is 7.41. The molecule has 0 aliphatic heterocycles. The zero-order valence-corrected chi connectivity index (χ0v) is 21.0. The second kappa shape index (κ2) is 12.3. The highest BCUT2D eigenvalue weighted by Crippen LogP contribution is 2.27. The van der Waals surface area contributed by atoms with E-state index in [9.17, 15) is 9.59 Å². The van der Waals surface area contributed by atoms with Gasteiger partial charge >= 0.3 is 0 Å². The molecule has 8 heteroatoms. The number of unbranched alkanes of at least 4 members (excludes halogenated alkanes) is 1. The topological polar surface area (TPSA) is 58.6 Å². The fourth-order valence-electron chi connectivity index (χ4n) is 2.91. The highest BCUT2D eigenvalue weighted by molar-refractivity contribution is 9.10. The molecule has 0 spiro atoms. The van der Waals surface area contributed by atoms with Gasteiger partial charge in [-0.15, -0.1) is 0 Å². The maximum absolute atomic E-state index is 13.1. The van der Waals surface area contributed by atoms with E-state index in [1.165, 1.54) is 4.90 Å². The summed E-state index contributed by atoms with van der Waals surface area (Å²) in [5.74, 6) is 0.00369. The number of benzene rings is 2. The lowest BCUT2D eigenvalue weighted by Crippen LogP contribution is -2.49. The Labute approximate surface area is 202 Å². The van der Waals surface area contributed by atoms with E-state index in [1.54, 1.807) is 31.2 Å². The summed E-state index contributed by atoms with van der Waals surface area (Å²) in [6, 6.07) is 9.91. The molecule has 1 N–H and O–H groups in total. The summed E-state index contributed by atoms with van der Waals surface area (Å²) in [5, 5.41) is 3.75. The molecule has 5 nitrogen and oxygen atoms in total. The maximum Gasteiger partial charge on any atom is 0.261 e. The van der Waals surface area contributed by atoms with E-state index in [0.29, 0.717) is 27.9 Å². The average molecular weight is 530 g/mol. The van der Waals surface area contributed by atoms with Crippen molar-refractivity contribution in [3.8, 4) is 5.75 Å². The van der Waals surface area contributed by atoms with Crippen molar-refractivity contribution in [3.05, 3.63) is 62.0 Å². The first-order valence-corrected chi connectivity index (χ1v) is 11.7. The summed E-state index contributed by atoms with van der Waals surface area (Å²) in [4.78, 5) is 27.2. The van der Waals surface area contributed by atoms with Crippen LogP contribution in [0.25, 0.3) is 0 Å². The van der Waals surface area contributed by atoms with Gasteiger partial charge in [0.05, 0.1) is 0 Å². The van der Waals surface area contributed by atoms with E-state index in [-0.39, 0.29) is 25.0 Å². The standard InChI is InChI=1S/C23H27BrCl2N2O3/c1-4-5-11-27-23(30)16(3)28(13-18-20(25)7-6-8-21(18)26)22(29)14-31-17-9-10-19(24)15(2)12-17/h6-10,12,16H,4-5,11,13-14H2,1-3H3,(H,27,30). The Hall–Kier alpha value is -1.76. The molecule has 0 aliphatic rings. The van der Waals surface area contributed by atoms with Crippen LogP contribution in [-0.2, 0) is 16.1 Å². The van der Waals surface area contributed by atoms with Gasteiger partial charge in [0, 0.05) is 33.2 Å². The number of carbonyl (C=O) groups excluding carboxylic acids is 2. The lowest BCUT2D eigenvalue weighted by atomic mass is 10.1. The van der Waals surface area contributed by atoms with Crippen LogP contribution in [0.4, 0.5) is 0 Å². The Morgan fingerprint density at radius 1 is 1.19 bits per heavy atom. The largest absolute Gasteiger partial charge is 0.484 e. The van der Waals surface area contributed by atoms with Crippen LogP contribution in [0.3, 0.4) is 0 Å². The average Bonchev–Trinajstić information content (AvgIpc) is 2.74. The van der Waals surface area contributed by atoms with Crippen molar-refractivity contribution in [1.29, 1.82) is 0 Å². The highest BCUT2D eigenvalue weighted by Gasteiger charge is 2.27. The molecule has 0 saturated carbocycles. The minimum Gasteiger partial charge on any atom is -0.484 e. The predicted molar refractivity (Wildman–Crippen MR) is 129 cm³/mol. The quantitative estimate of drug-likeness (QED) is 0.397. The van der Waals surface area contributed by atoms with E-state index in [4.69, 9.17) is 27.9 Å². The Morgan fingerprint density at radius 3 is 2.48 bits per heavy atom. The van der Waals surface area contributed by atoms with Gasteiger partial charge in [0.25, 0.3) is 5.91 Å². The molecule has 2 rings (SSSR count). The van der Waals surface area contributed by atoms with Gasteiger partial charge in [-0.2, -0.15) is 0 Å². The van der Waals surface area contributed by atoms with Crippen LogP contribution in [-0.4, -0.2) is 35.9 Å². The molecular formula is C23H27BrCl2N2O3. The number of nitrogens with zero attached hydrogens (tertiary/aromatic N) is 1. The van der Waals surface area contributed by atoms with Crippen LogP contribution in [0.5, 0.6) is 5.75 Å². The Bertz CT molecular complexity index is 903. The zero-order chi connectivity index (χ0) is 23.0. The Kier molecular flexibility index (Phi) is 10.1. The Morgan fingerprint density at radius 2 is 1.87 bits per heavy atom. The Balaban J connectivity index is 2.19. The predicted octanol–water partition coefficient (Wildman–Crippen LogP) is 5.78. The van der Waals surface area contributed by atoms with Crippen LogP contribution in [0.15, 0.2) is 40.9 Å². The number of rotatable bonds is 10. The third-order valence-electron chi connectivity index (χ3n) is 4.88. The number of carbonyl (C=O) groups is 2. The third-order valence-corrected chi connectivity index (χ3v) is 6.48. The lowest BCUT2D eigenvalue weighted by molar-refractivity contribution is -0.142. The first-order valence-electron chi connectivity index (χ1n) is 10.1. The molecule has 2 aromatic rings. The molecule has 0 aliphatic carbocycles. The molecule has 1 unspecified atom stereocenters. The first-order chi connectivity index (χ1) is 14.7. The molecule has 0 bridgehead atoms. The van der Waals surface area contributed by atoms with Crippen molar-refractivity contribution in [2.75, 3.05) is 13.2 Å². The lowest BCUT2D eigenvalue weighted by Gasteiger charge is -2.29. The molecular weight excluding hydrogens is 503 g/mol. The highest BCUT2D eigenvalue weighted by atomic mass is 79.9. The van der Waals surface area contributed by atoms with E-state index >= 15 is 0 Å². The van der Waals surface area contributed by atoms with Gasteiger partial charge in [-0.25, -0.2) is 0 Å². The maximum atomic E-state index is 13.1. The fraction of sp³-hybridized carbons (Fsp3) is 0.391. The van der Waals surface area contributed by atoms with E-state index < -0.39 is 6.04 Å². The van der Waals surface area contributed by atoms with Gasteiger partial charge in [-0.05, 0) is 56.2 Å². The number of hydrogen-bond donors (Lipinski definition) is 1. The summed E-state index contributed by atoms with van der Waals surface area (Å²) >= 11 is 16.1. The van der Waals surface area contributed by atoms with Crippen molar-refractivity contribution < 1.29 is 14.3 Å². The second-order valence-electron chi connectivity index (χ2n) is 7.24. The summed E-state index contributed by atoms with van der Waals surface area (Å²) < 4.78 is 6.66. The minimum absolute atomic E-state index is 0.0996. The smallest absolute Gasteiger partial charge is 0.261 e. The van der Waals surface area contributed by atoms with Gasteiger partial charge in [-0.1, -0.05) is 58.5 Å². The second-order valence-corrected chi connectivity index (χ2v) is 8.91. The molecule has 1 atom stereocenters. The number of hydrogen-bond acceptors (Lipinski definition) is 3. The number of amides is 2. The van der Waals surface area contributed by atoms with Gasteiger partial charge in [0.15, 0.2) is 6.61 Å².